The molecule has 198 valence electrons. The second-order valence-electron chi connectivity index (χ2n) is 9.23. The van der Waals surface area contributed by atoms with Crippen molar-refractivity contribution in [2.75, 3.05) is 12.4 Å². The Labute approximate surface area is 222 Å². The minimum atomic E-state index is -4.34. The van der Waals surface area contributed by atoms with Crippen molar-refractivity contribution in [2.24, 2.45) is 0 Å². The molecule has 4 aromatic rings. The zero-order chi connectivity index (χ0) is 26.6. The fraction of sp³-hybridized carbons (Fsp3) is 0.276. The van der Waals surface area contributed by atoms with E-state index in [1.54, 1.807) is 36.4 Å². The molecule has 2 heterocycles. The molecule has 4 nitrogen and oxygen atoms in total. The average molecular weight is 543 g/mol. The van der Waals surface area contributed by atoms with E-state index in [0.717, 1.165) is 33.7 Å². The highest BCUT2D eigenvalue weighted by Gasteiger charge is 2.41. The number of rotatable bonds is 9. The van der Waals surface area contributed by atoms with Crippen molar-refractivity contribution < 1.29 is 27.0 Å². The van der Waals surface area contributed by atoms with Gasteiger partial charge in [-0.2, -0.15) is 13.2 Å². The number of halogens is 4. The zero-order valence-corrected chi connectivity index (χ0v) is 21.2. The number of aromatic nitrogens is 2. The van der Waals surface area contributed by atoms with Crippen LogP contribution in [0, 0.1) is 5.82 Å². The predicted octanol–water partition coefficient (Wildman–Crippen LogP) is 7.24. The van der Waals surface area contributed by atoms with Crippen LogP contribution in [0.25, 0.3) is 11.1 Å². The Morgan fingerprint density at radius 3 is 2.26 bits per heavy atom. The Bertz CT molecular complexity index is 1310. The van der Waals surface area contributed by atoms with Crippen LogP contribution >= 0.6 is 11.8 Å². The highest BCUT2D eigenvalue weighted by Crippen LogP contribution is 2.34. The molecular weight excluding hydrogens is 516 g/mol. The van der Waals surface area contributed by atoms with Crippen molar-refractivity contribution in [3.8, 4) is 11.1 Å². The summed E-state index contributed by atoms with van der Waals surface area (Å²) in [6, 6.07) is 19.4. The number of aryl methyl sites for hydroxylation is 1. The lowest BCUT2D eigenvalue weighted by Gasteiger charge is -2.28. The molecule has 0 amide bonds. The van der Waals surface area contributed by atoms with Crippen molar-refractivity contribution >= 4 is 11.8 Å². The van der Waals surface area contributed by atoms with Gasteiger partial charge in [-0.1, -0.05) is 36.4 Å². The number of alkyl halides is 3. The van der Waals surface area contributed by atoms with Crippen molar-refractivity contribution in [3.05, 3.63) is 108 Å². The van der Waals surface area contributed by atoms with Crippen LogP contribution in [0.3, 0.4) is 0 Å². The maximum Gasteiger partial charge on any atom is 0.416 e. The number of benzene rings is 3. The molecule has 5 rings (SSSR count). The molecule has 9 heteroatoms. The molecule has 0 saturated carbocycles. The largest absolute Gasteiger partial charge is 0.416 e. The number of hydrogen-bond acceptors (Lipinski definition) is 4. The molecule has 1 saturated heterocycles. The SMILES string of the molecule is Fc1ccc(CCC2(Cn3ccnc3)OCC(CSc3ccc(-c4ccc(C(F)(F)F)cc4)cc3)O2)cc1. The average Bonchev–Trinajstić information content (AvgIpc) is 3.58. The molecule has 0 radical (unpaired) electrons. The first-order valence-corrected chi connectivity index (χ1v) is 13.2. The van der Waals surface area contributed by atoms with Gasteiger partial charge in [0.15, 0.2) is 5.79 Å². The van der Waals surface area contributed by atoms with Crippen LogP contribution in [0.15, 0.2) is 96.4 Å². The number of nitrogens with zero attached hydrogens (tertiary/aromatic N) is 2. The van der Waals surface area contributed by atoms with E-state index in [-0.39, 0.29) is 11.9 Å². The van der Waals surface area contributed by atoms with Gasteiger partial charge in [0.25, 0.3) is 0 Å². The van der Waals surface area contributed by atoms with Gasteiger partial charge in [-0.3, -0.25) is 0 Å². The van der Waals surface area contributed by atoms with Gasteiger partial charge in [0, 0.05) is 29.5 Å². The third kappa shape index (κ3) is 6.64. The molecule has 0 bridgehead atoms. The quantitative estimate of drug-likeness (QED) is 0.165. The van der Waals surface area contributed by atoms with Crippen LogP contribution in [0.4, 0.5) is 17.6 Å². The normalized spacial score (nSPS) is 19.6. The third-order valence-electron chi connectivity index (χ3n) is 6.44. The Hall–Kier alpha value is -3.14. The van der Waals surface area contributed by atoms with Gasteiger partial charge < -0.3 is 14.0 Å². The molecule has 3 aromatic carbocycles. The van der Waals surface area contributed by atoms with Gasteiger partial charge in [-0.05, 0) is 59.5 Å². The fourth-order valence-electron chi connectivity index (χ4n) is 4.42. The van der Waals surface area contributed by atoms with E-state index in [0.29, 0.717) is 31.7 Å². The first kappa shape index (κ1) is 26.5. The van der Waals surface area contributed by atoms with E-state index >= 15 is 0 Å². The number of ether oxygens (including phenoxy) is 2. The van der Waals surface area contributed by atoms with E-state index in [9.17, 15) is 17.6 Å². The van der Waals surface area contributed by atoms with Crippen molar-refractivity contribution in [1.82, 2.24) is 9.55 Å². The monoisotopic (exact) mass is 542 g/mol. The summed E-state index contributed by atoms with van der Waals surface area (Å²) in [5, 5.41) is 0. The second kappa shape index (κ2) is 11.3. The Morgan fingerprint density at radius 2 is 1.63 bits per heavy atom. The summed E-state index contributed by atoms with van der Waals surface area (Å²) in [5.74, 6) is -0.394. The molecule has 38 heavy (non-hydrogen) atoms. The number of thioether (sulfide) groups is 1. The zero-order valence-electron chi connectivity index (χ0n) is 20.4. The topological polar surface area (TPSA) is 36.3 Å². The van der Waals surface area contributed by atoms with Crippen LogP contribution in [-0.4, -0.2) is 33.8 Å². The van der Waals surface area contributed by atoms with E-state index in [4.69, 9.17) is 9.47 Å². The number of hydrogen-bond donors (Lipinski definition) is 0. The highest BCUT2D eigenvalue weighted by atomic mass is 32.2. The number of imidazole rings is 1. The molecule has 1 aromatic heterocycles. The van der Waals surface area contributed by atoms with Crippen molar-refractivity contribution in [2.45, 2.75) is 42.3 Å². The molecule has 1 aliphatic rings. The molecule has 2 unspecified atom stereocenters. The van der Waals surface area contributed by atoms with Crippen LogP contribution in [0.5, 0.6) is 0 Å². The van der Waals surface area contributed by atoms with Crippen molar-refractivity contribution in [1.29, 1.82) is 0 Å². The molecule has 0 aliphatic carbocycles. The summed E-state index contributed by atoms with van der Waals surface area (Å²) >= 11 is 1.64. The smallest absolute Gasteiger partial charge is 0.345 e. The summed E-state index contributed by atoms with van der Waals surface area (Å²) < 4.78 is 66.4. The predicted molar refractivity (Wildman–Crippen MR) is 138 cm³/mol. The first-order valence-electron chi connectivity index (χ1n) is 12.2. The lowest BCUT2D eigenvalue weighted by atomic mass is 10.0. The van der Waals surface area contributed by atoms with E-state index in [1.807, 2.05) is 35.0 Å². The summed E-state index contributed by atoms with van der Waals surface area (Å²) in [7, 11) is 0. The summed E-state index contributed by atoms with van der Waals surface area (Å²) in [5.41, 5.74) is 1.93. The molecule has 0 spiro atoms. The van der Waals surface area contributed by atoms with E-state index in [1.165, 1.54) is 24.3 Å². The summed E-state index contributed by atoms with van der Waals surface area (Å²) in [6.45, 7) is 0.950. The first-order chi connectivity index (χ1) is 18.3. The fourth-order valence-corrected chi connectivity index (χ4v) is 5.29. The lowest BCUT2D eigenvalue weighted by molar-refractivity contribution is -0.180. The summed E-state index contributed by atoms with van der Waals surface area (Å²) in [6.07, 6.45) is 2.14. The van der Waals surface area contributed by atoms with Gasteiger partial charge in [0.1, 0.15) is 5.82 Å². The molecule has 1 aliphatic heterocycles. The van der Waals surface area contributed by atoms with Crippen molar-refractivity contribution in [3.63, 3.8) is 0 Å². The molecule has 0 N–H and O–H groups in total. The molecule has 2 atom stereocenters. The molecule has 1 fully saturated rings. The minimum Gasteiger partial charge on any atom is -0.345 e. The van der Waals surface area contributed by atoms with Crippen LogP contribution in [0.2, 0.25) is 0 Å². The lowest BCUT2D eigenvalue weighted by Crippen LogP contribution is -2.37. The van der Waals surface area contributed by atoms with E-state index in [2.05, 4.69) is 4.98 Å². The minimum absolute atomic E-state index is 0.119. The van der Waals surface area contributed by atoms with Crippen LogP contribution in [-0.2, 0) is 28.6 Å². The maximum absolute atomic E-state index is 13.3. The standard InChI is InChI=1S/C29H26F4N2O2S/c30-25-9-1-21(2-10-25)13-14-28(19-35-16-15-34-20-35)36-17-26(37-28)18-38-27-11-5-23(6-12-27)22-3-7-24(8-4-22)29(31,32)33/h1-12,15-16,20,26H,13-14,17-19H2. The van der Waals surface area contributed by atoms with Gasteiger partial charge >= 0.3 is 6.18 Å². The van der Waals surface area contributed by atoms with Crippen LogP contribution in [0.1, 0.15) is 17.5 Å². The third-order valence-corrected chi connectivity index (χ3v) is 7.58. The van der Waals surface area contributed by atoms with Gasteiger partial charge in [0.2, 0.25) is 0 Å². The second-order valence-corrected chi connectivity index (χ2v) is 10.3. The highest BCUT2D eigenvalue weighted by molar-refractivity contribution is 7.99. The molecular formula is C29H26F4N2O2S. The maximum atomic E-state index is 13.3. The van der Waals surface area contributed by atoms with Gasteiger partial charge in [0.05, 0.1) is 31.1 Å². The Kier molecular flexibility index (Phi) is 7.88. The van der Waals surface area contributed by atoms with Gasteiger partial charge in [-0.25, -0.2) is 9.37 Å². The van der Waals surface area contributed by atoms with Crippen LogP contribution < -0.4 is 0 Å². The Morgan fingerprint density at radius 1 is 0.947 bits per heavy atom. The van der Waals surface area contributed by atoms with E-state index < -0.39 is 17.5 Å². The summed E-state index contributed by atoms with van der Waals surface area (Å²) in [4.78, 5) is 5.15. The Balaban J connectivity index is 1.19. The van der Waals surface area contributed by atoms with Gasteiger partial charge in [-0.15, -0.1) is 11.8 Å².